The van der Waals surface area contributed by atoms with Crippen molar-refractivity contribution in [3.63, 3.8) is 0 Å². The van der Waals surface area contributed by atoms with Crippen molar-refractivity contribution >= 4 is 5.97 Å². The van der Waals surface area contributed by atoms with Crippen molar-refractivity contribution in [1.82, 2.24) is 0 Å². The van der Waals surface area contributed by atoms with Gasteiger partial charge in [0, 0.05) is 24.6 Å². The Bertz CT molecular complexity index is 295. The minimum Gasteiger partial charge on any atom is -0.462 e. The first kappa shape index (κ1) is 10.4. The highest BCUT2D eigenvalue weighted by Crippen LogP contribution is 1.86. The first-order valence-electron chi connectivity index (χ1n) is 4.56. The van der Waals surface area contributed by atoms with E-state index in [-0.39, 0.29) is 5.97 Å². The summed E-state index contributed by atoms with van der Waals surface area (Å²) in [6, 6.07) is 5.90. The van der Waals surface area contributed by atoms with E-state index < -0.39 is 0 Å². The molecule has 0 bridgehead atoms. The van der Waals surface area contributed by atoms with Crippen LogP contribution in [0.25, 0.3) is 0 Å². The third-order valence-electron chi connectivity index (χ3n) is 1.75. The monoisotopic (exact) mass is 192 g/mol. The van der Waals surface area contributed by atoms with Crippen LogP contribution in [0, 0.1) is 0 Å². The van der Waals surface area contributed by atoms with E-state index in [1.54, 1.807) is 0 Å². The van der Waals surface area contributed by atoms with Gasteiger partial charge in [0.15, 0.2) is 18.9 Å². The highest BCUT2D eigenvalue weighted by molar-refractivity contribution is 5.81. The van der Waals surface area contributed by atoms with Crippen LogP contribution in [0.5, 0.6) is 0 Å². The lowest BCUT2D eigenvalue weighted by Gasteiger charge is -1.99. The van der Waals surface area contributed by atoms with Gasteiger partial charge in [-0.3, -0.25) is 0 Å². The van der Waals surface area contributed by atoms with E-state index in [1.807, 2.05) is 35.2 Å². The first-order chi connectivity index (χ1) is 6.83. The van der Waals surface area contributed by atoms with E-state index in [0.717, 1.165) is 13.0 Å². The molecule has 0 amide bonds. The van der Waals surface area contributed by atoms with Gasteiger partial charge in [0.05, 0.1) is 6.61 Å². The maximum absolute atomic E-state index is 10.7. The molecule has 0 aliphatic carbocycles. The van der Waals surface area contributed by atoms with Crippen LogP contribution in [0.1, 0.15) is 6.42 Å². The van der Waals surface area contributed by atoms with Gasteiger partial charge in [0.25, 0.3) is 0 Å². The lowest BCUT2D eigenvalue weighted by molar-refractivity contribution is -0.697. The average molecular weight is 192 g/mol. The predicted molar refractivity (Wildman–Crippen MR) is 52.4 cm³/mol. The summed E-state index contributed by atoms with van der Waals surface area (Å²) in [6.45, 7) is 4.61. The molecule has 0 fully saturated rings. The van der Waals surface area contributed by atoms with Crippen molar-refractivity contribution in [2.75, 3.05) is 6.61 Å². The van der Waals surface area contributed by atoms with Crippen LogP contribution >= 0.6 is 0 Å². The lowest BCUT2D eigenvalue weighted by Crippen LogP contribution is -2.32. The fourth-order valence-corrected chi connectivity index (χ4v) is 1.06. The third-order valence-corrected chi connectivity index (χ3v) is 1.75. The number of ether oxygens (including phenoxy) is 1. The number of hydrogen-bond acceptors (Lipinski definition) is 2. The Morgan fingerprint density at radius 3 is 2.71 bits per heavy atom. The smallest absolute Gasteiger partial charge is 0.330 e. The van der Waals surface area contributed by atoms with Crippen LogP contribution in [0.3, 0.4) is 0 Å². The summed E-state index contributed by atoms with van der Waals surface area (Å²) >= 11 is 0. The number of pyridine rings is 1. The molecule has 0 spiro atoms. The Hall–Kier alpha value is -1.64. The minimum absolute atomic E-state index is 0.358. The number of esters is 1. The molecule has 1 rings (SSSR count). The Morgan fingerprint density at radius 1 is 1.36 bits per heavy atom. The molecule has 3 nitrogen and oxygen atoms in total. The quantitative estimate of drug-likeness (QED) is 0.302. The summed E-state index contributed by atoms with van der Waals surface area (Å²) < 4.78 is 6.89. The fourth-order valence-electron chi connectivity index (χ4n) is 1.06. The van der Waals surface area contributed by atoms with Gasteiger partial charge >= 0.3 is 5.97 Å². The normalized spacial score (nSPS) is 9.43. The summed E-state index contributed by atoms with van der Waals surface area (Å²) in [4.78, 5) is 10.7. The van der Waals surface area contributed by atoms with Crippen molar-refractivity contribution in [3.05, 3.63) is 43.2 Å². The zero-order valence-corrected chi connectivity index (χ0v) is 8.06. The fraction of sp³-hybridized carbons (Fsp3) is 0.273. The van der Waals surface area contributed by atoms with Crippen molar-refractivity contribution in [2.45, 2.75) is 13.0 Å². The number of hydrogen-bond donors (Lipinski definition) is 0. The molecular weight excluding hydrogens is 178 g/mol. The van der Waals surface area contributed by atoms with Gasteiger partial charge < -0.3 is 4.74 Å². The largest absolute Gasteiger partial charge is 0.462 e. The SMILES string of the molecule is C=CC(=O)OCCC[n+]1ccccc1. The molecule has 0 saturated heterocycles. The summed E-state index contributed by atoms with van der Waals surface area (Å²) in [6.07, 6.45) is 5.95. The lowest BCUT2D eigenvalue weighted by atomic mass is 10.4. The summed E-state index contributed by atoms with van der Waals surface area (Å²) in [5.74, 6) is -0.358. The van der Waals surface area contributed by atoms with E-state index in [9.17, 15) is 4.79 Å². The number of carbonyl (C=O) groups excluding carboxylic acids is 1. The predicted octanol–water partition coefficient (Wildman–Crippen LogP) is 1.09. The van der Waals surface area contributed by atoms with E-state index in [0.29, 0.717) is 6.61 Å². The molecule has 0 aromatic carbocycles. The van der Waals surface area contributed by atoms with E-state index in [4.69, 9.17) is 4.74 Å². The number of aryl methyl sites for hydroxylation is 1. The van der Waals surface area contributed by atoms with Crippen LogP contribution < -0.4 is 4.57 Å². The van der Waals surface area contributed by atoms with E-state index in [1.165, 1.54) is 6.08 Å². The van der Waals surface area contributed by atoms with Crippen LogP contribution in [0.4, 0.5) is 0 Å². The average Bonchev–Trinajstić information content (AvgIpc) is 2.25. The van der Waals surface area contributed by atoms with Gasteiger partial charge in [0.1, 0.15) is 0 Å². The maximum atomic E-state index is 10.7. The summed E-state index contributed by atoms with van der Waals surface area (Å²) in [5.41, 5.74) is 0. The van der Waals surface area contributed by atoms with Crippen molar-refractivity contribution in [1.29, 1.82) is 0 Å². The Kier molecular flexibility index (Phi) is 4.41. The second-order valence-electron chi connectivity index (χ2n) is 2.84. The van der Waals surface area contributed by atoms with Crippen LogP contribution in [0.2, 0.25) is 0 Å². The van der Waals surface area contributed by atoms with Crippen LogP contribution in [0.15, 0.2) is 43.2 Å². The molecule has 1 aromatic rings. The highest BCUT2D eigenvalue weighted by Gasteiger charge is 1.99. The van der Waals surface area contributed by atoms with Crippen LogP contribution in [-0.4, -0.2) is 12.6 Å². The van der Waals surface area contributed by atoms with Gasteiger partial charge in [-0.05, 0) is 0 Å². The molecule has 0 aliphatic heterocycles. The van der Waals surface area contributed by atoms with Gasteiger partial charge in [0.2, 0.25) is 0 Å². The zero-order valence-electron chi connectivity index (χ0n) is 8.06. The number of aromatic nitrogens is 1. The zero-order chi connectivity index (χ0) is 10.2. The molecule has 1 heterocycles. The number of carbonyl (C=O) groups is 1. The van der Waals surface area contributed by atoms with Crippen molar-refractivity contribution < 1.29 is 14.1 Å². The second-order valence-corrected chi connectivity index (χ2v) is 2.84. The number of rotatable bonds is 5. The Morgan fingerprint density at radius 2 is 2.07 bits per heavy atom. The molecule has 3 heteroatoms. The third kappa shape index (κ3) is 3.85. The molecule has 0 N–H and O–H groups in total. The van der Waals surface area contributed by atoms with Gasteiger partial charge in [-0.15, -0.1) is 0 Å². The molecule has 74 valence electrons. The standard InChI is InChI=1S/C11H14NO2/c1-2-11(13)14-10-6-9-12-7-4-3-5-8-12/h2-5,7-8H,1,6,9-10H2/q+1. The summed E-state index contributed by atoms with van der Waals surface area (Å²) in [5, 5.41) is 0. The second kappa shape index (κ2) is 5.91. The summed E-state index contributed by atoms with van der Waals surface area (Å²) in [7, 11) is 0. The van der Waals surface area contributed by atoms with Crippen molar-refractivity contribution in [3.8, 4) is 0 Å². The van der Waals surface area contributed by atoms with Crippen LogP contribution in [-0.2, 0) is 16.1 Å². The Labute approximate surface area is 83.6 Å². The molecule has 14 heavy (non-hydrogen) atoms. The van der Waals surface area contributed by atoms with Gasteiger partial charge in [-0.25, -0.2) is 9.36 Å². The molecule has 0 saturated carbocycles. The van der Waals surface area contributed by atoms with Gasteiger partial charge in [-0.2, -0.15) is 0 Å². The highest BCUT2D eigenvalue weighted by atomic mass is 16.5. The maximum Gasteiger partial charge on any atom is 0.330 e. The molecule has 0 unspecified atom stereocenters. The molecular formula is C11H14NO2+. The molecule has 0 aliphatic rings. The molecule has 0 radical (unpaired) electrons. The van der Waals surface area contributed by atoms with Gasteiger partial charge in [-0.1, -0.05) is 12.6 Å². The topological polar surface area (TPSA) is 30.2 Å². The molecule has 0 atom stereocenters. The molecule has 1 aromatic heterocycles. The minimum atomic E-state index is -0.358. The van der Waals surface area contributed by atoms with Crippen molar-refractivity contribution in [2.24, 2.45) is 0 Å². The number of nitrogens with zero attached hydrogens (tertiary/aromatic N) is 1. The van der Waals surface area contributed by atoms with E-state index in [2.05, 4.69) is 6.58 Å². The first-order valence-corrected chi connectivity index (χ1v) is 4.56. The van der Waals surface area contributed by atoms with E-state index >= 15 is 0 Å². The Balaban J connectivity index is 2.16.